The molecule has 0 bridgehead atoms. The van der Waals surface area contributed by atoms with E-state index in [9.17, 15) is 9.90 Å². The zero-order valence-corrected chi connectivity index (χ0v) is 12.7. The molecule has 0 spiro atoms. The van der Waals surface area contributed by atoms with E-state index in [4.69, 9.17) is 0 Å². The summed E-state index contributed by atoms with van der Waals surface area (Å²) < 4.78 is 0.0749. The molecule has 3 nitrogen and oxygen atoms in total. The minimum absolute atomic E-state index is 0.0186. The topological polar surface area (TPSA) is 49.3 Å². The van der Waals surface area contributed by atoms with Gasteiger partial charge in [-0.15, -0.1) is 11.8 Å². The minimum atomic E-state index is -0.213. The first-order valence-corrected chi connectivity index (χ1v) is 7.47. The Morgan fingerprint density at radius 2 is 1.95 bits per heavy atom. The molecular weight excluding hydrogens is 258 g/mol. The van der Waals surface area contributed by atoms with Crippen LogP contribution in [0.3, 0.4) is 0 Å². The van der Waals surface area contributed by atoms with E-state index >= 15 is 0 Å². The number of carbonyl (C=O) groups excluding carboxylic acids is 1. The second-order valence-corrected chi connectivity index (χ2v) is 7.34. The van der Waals surface area contributed by atoms with Crippen LogP contribution < -0.4 is 5.32 Å². The van der Waals surface area contributed by atoms with Gasteiger partial charge in [-0.2, -0.15) is 0 Å². The van der Waals surface area contributed by atoms with E-state index in [2.05, 4.69) is 26.1 Å². The lowest BCUT2D eigenvalue weighted by Gasteiger charge is -2.20. The van der Waals surface area contributed by atoms with Crippen LogP contribution in [0.1, 0.15) is 26.3 Å². The van der Waals surface area contributed by atoms with E-state index in [0.717, 1.165) is 5.56 Å². The molecule has 0 saturated carbocycles. The fraction of sp³-hybridized carbons (Fsp3) is 0.533. The first kappa shape index (κ1) is 16.1. The van der Waals surface area contributed by atoms with Gasteiger partial charge in [0.15, 0.2) is 0 Å². The Morgan fingerprint density at radius 3 is 2.47 bits per heavy atom. The summed E-state index contributed by atoms with van der Waals surface area (Å²) in [6, 6.07) is 9.66. The van der Waals surface area contributed by atoms with Gasteiger partial charge in [-0.25, -0.2) is 0 Å². The van der Waals surface area contributed by atoms with Crippen molar-refractivity contribution in [3.8, 4) is 0 Å². The fourth-order valence-corrected chi connectivity index (χ4v) is 2.26. The smallest absolute Gasteiger partial charge is 0.230 e. The van der Waals surface area contributed by atoms with Crippen molar-refractivity contribution in [3.05, 3.63) is 35.9 Å². The molecule has 0 saturated heterocycles. The average molecular weight is 281 g/mol. The third-order valence-electron chi connectivity index (χ3n) is 2.55. The molecule has 1 rings (SSSR count). The molecule has 1 aromatic carbocycles. The van der Waals surface area contributed by atoms with Gasteiger partial charge in [0.25, 0.3) is 0 Å². The molecule has 0 aromatic heterocycles. The quantitative estimate of drug-likeness (QED) is 0.841. The summed E-state index contributed by atoms with van der Waals surface area (Å²) >= 11 is 1.61. The molecule has 1 amide bonds. The fourth-order valence-electron chi connectivity index (χ4n) is 1.61. The zero-order valence-electron chi connectivity index (χ0n) is 11.8. The van der Waals surface area contributed by atoms with Gasteiger partial charge in [-0.05, 0) is 12.0 Å². The summed E-state index contributed by atoms with van der Waals surface area (Å²) in [6.07, 6.45) is 0.656. The van der Waals surface area contributed by atoms with E-state index in [-0.39, 0.29) is 23.3 Å². The molecule has 19 heavy (non-hydrogen) atoms. The molecular formula is C15H23NO2S. The van der Waals surface area contributed by atoms with E-state index in [1.54, 1.807) is 11.8 Å². The molecule has 0 radical (unpaired) electrons. The van der Waals surface area contributed by atoms with E-state index in [1.165, 1.54) is 0 Å². The van der Waals surface area contributed by atoms with E-state index in [0.29, 0.717) is 12.2 Å². The predicted molar refractivity (Wildman–Crippen MR) is 81.4 cm³/mol. The molecule has 0 fully saturated rings. The number of hydrogen-bond acceptors (Lipinski definition) is 3. The normalized spacial score (nSPS) is 13.1. The van der Waals surface area contributed by atoms with Crippen molar-refractivity contribution in [2.24, 2.45) is 0 Å². The molecule has 1 atom stereocenters. The first-order valence-electron chi connectivity index (χ1n) is 6.49. The lowest BCUT2D eigenvalue weighted by atomic mass is 10.1. The number of aliphatic hydroxyl groups is 1. The summed E-state index contributed by atoms with van der Waals surface area (Å²) in [5.74, 6) is 0.407. The van der Waals surface area contributed by atoms with Crippen LogP contribution in [0.25, 0.3) is 0 Å². The molecule has 0 unspecified atom stereocenters. The predicted octanol–water partition coefficient (Wildman–Crippen LogP) is 2.24. The van der Waals surface area contributed by atoms with Crippen molar-refractivity contribution >= 4 is 17.7 Å². The highest BCUT2D eigenvalue weighted by Crippen LogP contribution is 2.22. The second-order valence-electron chi connectivity index (χ2n) is 5.54. The van der Waals surface area contributed by atoms with Gasteiger partial charge in [0.2, 0.25) is 5.91 Å². The molecule has 4 heteroatoms. The monoisotopic (exact) mass is 281 g/mol. The number of carbonyl (C=O) groups is 1. The van der Waals surface area contributed by atoms with Crippen LogP contribution in [-0.2, 0) is 11.2 Å². The molecule has 1 aromatic rings. The summed E-state index contributed by atoms with van der Waals surface area (Å²) in [5.41, 5.74) is 1.12. The van der Waals surface area contributed by atoms with Gasteiger partial charge in [-0.1, -0.05) is 51.1 Å². The van der Waals surface area contributed by atoms with E-state index < -0.39 is 0 Å². The number of benzene rings is 1. The number of hydrogen-bond donors (Lipinski definition) is 2. The van der Waals surface area contributed by atoms with Gasteiger partial charge < -0.3 is 10.4 Å². The number of aliphatic hydroxyl groups excluding tert-OH is 1. The maximum absolute atomic E-state index is 11.8. The molecule has 0 aliphatic carbocycles. The van der Waals surface area contributed by atoms with Crippen LogP contribution in [0.2, 0.25) is 0 Å². The van der Waals surface area contributed by atoms with Crippen molar-refractivity contribution in [1.82, 2.24) is 5.32 Å². The highest BCUT2D eigenvalue weighted by atomic mass is 32.2. The summed E-state index contributed by atoms with van der Waals surface area (Å²) in [7, 11) is 0. The Balaban J connectivity index is 2.42. The van der Waals surface area contributed by atoms with Crippen LogP contribution in [0.15, 0.2) is 30.3 Å². The van der Waals surface area contributed by atoms with Crippen LogP contribution in [0.5, 0.6) is 0 Å². The molecule has 0 aliphatic heterocycles. The third kappa shape index (κ3) is 7.23. The minimum Gasteiger partial charge on any atom is -0.394 e. The van der Waals surface area contributed by atoms with Crippen LogP contribution >= 0.6 is 11.8 Å². The van der Waals surface area contributed by atoms with Gasteiger partial charge >= 0.3 is 0 Å². The number of thioether (sulfide) groups is 1. The first-order chi connectivity index (χ1) is 8.90. The Kier molecular flexibility index (Phi) is 6.38. The lowest BCUT2D eigenvalue weighted by Crippen LogP contribution is -2.40. The van der Waals surface area contributed by atoms with Gasteiger partial charge in [0.05, 0.1) is 18.4 Å². The van der Waals surface area contributed by atoms with E-state index in [1.807, 2.05) is 30.3 Å². The Morgan fingerprint density at radius 1 is 1.32 bits per heavy atom. The number of amides is 1. The number of nitrogens with one attached hydrogen (secondary N) is 1. The molecule has 106 valence electrons. The van der Waals surface area contributed by atoms with Crippen molar-refractivity contribution < 1.29 is 9.90 Å². The Bertz CT molecular complexity index is 387. The Hall–Kier alpha value is -1.00. The lowest BCUT2D eigenvalue weighted by molar-refractivity contribution is -0.119. The van der Waals surface area contributed by atoms with Crippen molar-refractivity contribution in [2.45, 2.75) is 38.0 Å². The SMILES string of the molecule is CC(C)(C)SCC(=O)N[C@@H](CO)Cc1ccccc1. The second kappa shape index (κ2) is 7.56. The maximum Gasteiger partial charge on any atom is 0.230 e. The third-order valence-corrected chi connectivity index (χ3v) is 3.82. The largest absolute Gasteiger partial charge is 0.394 e. The Labute approximate surface area is 119 Å². The highest BCUT2D eigenvalue weighted by Gasteiger charge is 2.16. The van der Waals surface area contributed by atoms with Gasteiger partial charge in [-0.3, -0.25) is 4.79 Å². The van der Waals surface area contributed by atoms with Crippen molar-refractivity contribution in [2.75, 3.05) is 12.4 Å². The standard InChI is InChI=1S/C15H23NO2S/c1-15(2,3)19-11-14(18)16-13(10-17)9-12-7-5-4-6-8-12/h4-8,13,17H,9-11H2,1-3H3,(H,16,18)/t13-/m1/s1. The zero-order chi connectivity index (χ0) is 14.3. The number of rotatable bonds is 6. The maximum atomic E-state index is 11.8. The molecule has 0 heterocycles. The van der Waals surface area contributed by atoms with Gasteiger partial charge in [0, 0.05) is 4.75 Å². The van der Waals surface area contributed by atoms with Crippen LogP contribution in [0.4, 0.5) is 0 Å². The van der Waals surface area contributed by atoms with Crippen LogP contribution in [0, 0.1) is 0 Å². The van der Waals surface area contributed by atoms with Crippen molar-refractivity contribution in [1.29, 1.82) is 0 Å². The molecule has 0 aliphatic rings. The van der Waals surface area contributed by atoms with Crippen molar-refractivity contribution in [3.63, 3.8) is 0 Å². The van der Waals surface area contributed by atoms with Crippen LogP contribution in [-0.4, -0.2) is 34.2 Å². The summed E-state index contributed by atoms with van der Waals surface area (Å²) in [6.45, 7) is 6.20. The summed E-state index contributed by atoms with van der Waals surface area (Å²) in [4.78, 5) is 11.8. The highest BCUT2D eigenvalue weighted by molar-refractivity contribution is 8.01. The average Bonchev–Trinajstić information content (AvgIpc) is 2.36. The molecule has 2 N–H and O–H groups in total. The van der Waals surface area contributed by atoms with Gasteiger partial charge in [0.1, 0.15) is 0 Å². The summed E-state index contributed by atoms with van der Waals surface area (Å²) in [5, 5.41) is 12.2.